The van der Waals surface area contributed by atoms with Crippen LogP contribution in [0, 0.1) is 34.5 Å². The molecule has 0 aromatic carbocycles. The van der Waals surface area contributed by atoms with Crippen LogP contribution in [0.5, 0.6) is 0 Å². The monoisotopic (exact) mass is 388 g/mol. The molecule has 0 saturated heterocycles. The maximum absolute atomic E-state index is 7.07. The van der Waals surface area contributed by atoms with Crippen LogP contribution in [0.3, 0.4) is 0 Å². The number of rotatable bonds is 2. The fraction of sp³-hybridized carbons (Fsp3) is 0.920. The summed E-state index contributed by atoms with van der Waals surface area (Å²) in [6.07, 6.45) is 16.8. The number of allylic oxidation sites excluding steroid dienone is 2. The van der Waals surface area contributed by atoms with Crippen molar-refractivity contribution in [3.05, 3.63) is 12.2 Å². The maximum atomic E-state index is 7.07. The van der Waals surface area contributed by atoms with Gasteiger partial charge in [0.25, 0.3) is 0 Å². The molecule has 154 valence electrons. The minimum absolute atomic E-state index is 0.318. The molecule has 1 unspecified atom stereocenters. The van der Waals surface area contributed by atoms with Gasteiger partial charge in [-0.1, -0.05) is 46.8 Å². The molecule has 0 aliphatic heterocycles. The molecule has 27 heavy (non-hydrogen) atoms. The van der Waals surface area contributed by atoms with Gasteiger partial charge in [-0.05, 0) is 104 Å². The highest BCUT2D eigenvalue weighted by molar-refractivity contribution is 6.74. The van der Waals surface area contributed by atoms with Crippen LogP contribution in [0.1, 0.15) is 86.0 Å². The van der Waals surface area contributed by atoms with Crippen molar-refractivity contribution in [3.63, 3.8) is 0 Å². The van der Waals surface area contributed by atoms with Gasteiger partial charge in [0.15, 0.2) is 8.32 Å². The second kappa shape index (κ2) is 6.46. The quantitative estimate of drug-likeness (QED) is 0.350. The van der Waals surface area contributed by atoms with Crippen LogP contribution < -0.4 is 0 Å². The topological polar surface area (TPSA) is 9.23 Å². The number of hydrogen-bond donors (Lipinski definition) is 0. The minimum Gasteiger partial charge on any atom is -0.413 e. The molecule has 0 N–H and O–H groups in total. The van der Waals surface area contributed by atoms with Crippen LogP contribution in [0.25, 0.3) is 0 Å². The summed E-state index contributed by atoms with van der Waals surface area (Å²) in [6, 6.07) is 0. The molecule has 0 aromatic heterocycles. The van der Waals surface area contributed by atoms with Gasteiger partial charge in [-0.25, -0.2) is 0 Å². The van der Waals surface area contributed by atoms with Crippen molar-refractivity contribution in [1.82, 2.24) is 0 Å². The molecule has 4 rings (SSSR count). The van der Waals surface area contributed by atoms with Crippen molar-refractivity contribution in [3.8, 4) is 0 Å². The minimum atomic E-state index is -1.69. The van der Waals surface area contributed by atoms with E-state index in [-0.39, 0.29) is 0 Å². The van der Waals surface area contributed by atoms with Crippen molar-refractivity contribution in [2.45, 2.75) is 110 Å². The first-order chi connectivity index (χ1) is 12.5. The summed E-state index contributed by atoms with van der Waals surface area (Å²) in [5, 5.41) is 0.318. The summed E-state index contributed by atoms with van der Waals surface area (Å²) in [4.78, 5) is 0. The second-order valence-corrected chi connectivity index (χ2v) is 17.3. The van der Waals surface area contributed by atoms with Gasteiger partial charge in [0.05, 0.1) is 6.10 Å². The molecular formula is C25H44OSi. The van der Waals surface area contributed by atoms with Gasteiger partial charge in [-0.2, -0.15) is 0 Å². The van der Waals surface area contributed by atoms with E-state index in [1.165, 1.54) is 51.4 Å². The average Bonchev–Trinajstić information content (AvgIpc) is 2.89. The molecule has 0 amide bonds. The van der Waals surface area contributed by atoms with Crippen LogP contribution in [0.2, 0.25) is 18.1 Å². The Morgan fingerprint density at radius 1 is 0.889 bits per heavy atom. The van der Waals surface area contributed by atoms with E-state index in [2.05, 4.69) is 59.9 Å². The highest BCUT2D eigenvalue weighted by Gasteiger charge is 2.60. The highest BCUT2D eigenvalue weighted by Crippen LogP contribution is 2.66. The fourth-order valence-electron chi connectivity index (χ4n) is 7.51. The molecule has 1 nitrogen and oxygen atoms in total. The van der Waals surface area contributed by atoms with Crippen molar-refractivity contribution in [1.29, 1.82) is 0 Å². The predicted molar refractivity (Wildman–Crippen MR) is 118 cm³/mol. The third-order valence-electron chi connectivity index (χ3n) is 10.3. The lowest BCUT2D eigenvalue weighted by molar-refractivity contribution is -0.102. The van der Waals surface area contributed by atoms with Crippen LogP contribution in [0.4, 0.5) is 0 Å². The fourth-order valence-corrected chi connectivity index (χ4v) is 8.96. The Kier molecular flexibility index (Phi) is 4.83. The maximum Gasteiger partial charge on any atom is 0.192 e. The van der Waals surface area contributed by atoms with Gasteiger partial charge in [0, 0.05) is 0 Å². The van der Waals surface area contributed by atoms with Crippen molar-refractivity contribution in [2.75, 3.05) is 0 Å². The van der Waals surface area contributed by atoms with E-state index in [0.717, 1.165) is 23.7 Å². The molecule has 0 heterocycles. The Morgan fingerprint density at radius 3 is 2.30 bits per heavy atom. The first-order valence-electron chi connectivity index (χ1n) is 11.8. The summed E-state index contributed by atoms with van der Waals surface area (Å²) in [7, 11) is -1.69. The lowest BCUT2D eigenvalue weighted by atomic mass is 9.46. The van der Waals surface area contributed by atoms with E-state index in [1.54, 1.807) is 0 Å². The summed E-state index contributed by atoms with van der Waals surface area (Å²) in [6.45, 7) is 17.4. The number of fused-ring (bicyclic) bond motifs is 5. The Labute approximate surface area is 169 Å². The SMILES string of the molecule is CC(C)(C)[Si](C)(C)OC1CC[C@H]2[C@@H]3CC[C@@H]4C=CCC[C@]4(C)[C@H]3CC[C@]12C. The summed E-state index contributed by atoms with van der Waals surface area (Å²) >= 11 is 0. The highest BCUT2D eigenvalue weighted by atomic mass is 28.4. The van der Waals surface area contributed by atoms with E-state index in [0.29, 0.717) is 22.0 Å². The van der Waals surface area contributed by atoms with E-state index in [1.807, 2.05) is 0 Å². The van der Waals surface area contributed by atoms with Crippen LogP contribution in [0.15, 0.2) is 12.2 Å². The summed E-state index contributed by atoms with van der Waals surface area (Å²) in [5.41, 5.74) is 1.02. The molecule has 3 saturated carbocycles. The first-order valence-corrected chi connectivity index (χ1v) is 14.7. The van der Waals surface area contributed by atoms with Gasteiger partial charge in [-0.3, -0.25) is 0 Å². The van der Waals surface area contributed by atoms with E-state index < -0.39 is 8.32 Å². The molecule has 0 bridgehead atoms. The van der Waals surface area contributed by atoms with E-state index in [4.69, 9.17) is 4.43 Å². The smallest absolute Gasteiger partial charge is 0.192 e. The van der Waals surface area contributed by atoms with Crippen LogP contribution in [-0.4, -0.2) is 14.4 Å². The zero-order chi connectivity index (χ0) is 19.7. The van der Waals surface area contributed by atoms with Crippen molar-refractivity contribution in [2.24, 2.45) is 34.5 Å². The standard InChI is InChI=1S/C25H44OSi/c1-23(2,3)27(6,7)26-22-14-13-20-19-12-11-18-10-8-9-16-24(18,4)21(19)15-17-25(20,22)5/h8,10,18-22H,9,11-17H2,1-7H3/t18-,19-,20-,21-,22?,24-,25-/m0/s1. The molecule has 0 radical (unpaired) electrons. The van der Waals surface area contributed by atoms with Crippen LogP contribution >= 0.6 is 0 Å². The Balaban J connectivity index is 1.56. The first kappa shape index (κ1) is 20.2. The van der Waals surface area contributed by atoms with Gasteiger partial charge < -0.3 is 4.43 Å². The van der Waals surface area contributed by atoms with Gasteiger partial charge in [0.2, 0.25) is 0 Å². The normalized spacial score (nSPS) is 47.3. The molecule has 4 aliphatic rings. The molecule has 3 fully saturated rings. The van der Waals surface area contributed by atoms with Crippen molar-refractivity contribution >= 4 is 8.32 Å². The molecule has 0 aromatic rings. The number of hydrogen-bond acceptors (Lipinski definition) is 1. The summed E-state index contributed by atoms with van der Waals surface area (Å²) < 4.78 is 7.07. The third kappa shape index (κ3) is 3.03. The molecule has 2 heteroatoms. The third-order valence-corrected chi connectivity index (χ3v) is 14.8. The molecule has 4 aliphatic carbocycles. The summed E-state index contributed by atoms with van der Waals surface area (Å²) in [5.74, 6) is 3.70. The van der Waals surface area contributed by atoms with E-state index >= 15 is 0 Å². The molecule has 7 atom stereocenters. The largest absolute Gasteiger partial charge is 0.413 e. The Morgan fingerprint density at radius 2 is 1.59 bits per heavy atom. The lowest BCUT2D eigenvalue weighted by Gasteiger charge is -2.59. The Hall–Kier alpha value is -0.0831. The van der Waals surface area contributed by atoms with E-state index in [9.17, 15) is 0 Å². The zero-order valence-electron chi connectivity index (χ0n) is 19.1. The van der Waals surface area contributed by atoms with Crippen LogP contribution in [-0.2, 0) is 4.43 Å². The van der Waals surface area contributed by atoms with Gasteiger partial charge >= 0.3 is 0 Å². The average molecular weight is 389 g/mol. The van der Waals surface area contributed by atoms with Crippen molar-refractivity contribution < 1.29 is 4.43 Å². The molecular weight excluding hydrogens is 344 g/mol. The Bertz CT molecular complexity index is 602. The van der Waals surface area contributed by atoms with Gasteiger partial charge in [0.1, 0.15) is 0 Å². The second-order valence-electron chi connectivity index (χ2n) is 12.5. The van der Waals surface area contributed by atoms with Gasteiger partial charge in [-0.15, -0.1) is 0 Å². The lowest BCUT2D eigenvalue weighted by Crippen LogP contribution is -2.54. The predicted octanol–water partition coefficient (Wildman–Crippen LogP) is 7.59. The molecule has 0 spiro atoms. The zero-order valence-corrected chi connectivity index (χ0v) is 20.1.